The van der Waals surface area contributed by atoms with Gasteiger partial charge in [-0.15, -0.1) is 11.3 Å². The third-order valence-corrected chi connectivity index (χ3v) is 7.47. The van der Waals surface area contributed by atoms with Crippen LogP contribution < -0.4 is 14.9 Å². The maximum absolute atomic E-state index is 13.4. The van der Waals surface area contributed by atoms with Crippen LogP contribution in [-0.4, -0.2) is 17.6 Å². The Bertz CT molecular complexity index is 1290. The van der Waals surface area contributed by atoms with Crippen molar-refractivity contribution in [2.24, 2.45) is 4.99 Å². The smallest absolute Gasteiger partial charge is 0.338 e. The van der Waals surface area contributed by atoms with E-state index in [4.69, 9.17) is 4.74 Å². The summed E-state index contributed by atoms with van der Waals surface area (Å²) in [7, 11) is 1.35. The lowest BCUT2D eigenvalue weighted by atomic mass is 9.95. The number of rotatable bonds is 4. The number of halogens is 1. The zero-order chi connectivity index (χ0) is 20.5. The highest BCUT2D eigenvalue weighted by Crippen LogP contribution is 2.31. The quantitative estimate of drug-likeness (QED) is 0.526. The molecule has 0 aliphatic carbocycles. The van der Waals surface area contributed by atoms with E-state index in [-0.39, 0.29) is 5.56 Å². The standard InChI is InChI=1S/C21H17BrN2O3S2/c1-3-14-17(20(26)27-2)18(12-7-5-4-6-8-12)24-19(25)16(29-21(24)23-14)11-15-13(22)9-10-28-15/h4-11,18H,3H2,1-2H3/b16-11-/t18-/m1/s1. The summed E-state index contributed by atoms with van der Waals surface area (Å²) in [6, 6.07) is 10.9. The van der Waals surface area contributed by atoms with E-state index in [1.165, 1.54) is 18.4 Å². The number of fused-ring (bicyclic) bond motifs is 1. The topological polar surface area (TPSA) is 60.7 Å². The second-order valence-electron chi connectivity index (χ2n) is 6.33. The van der Waals surface area contributed by atoms with Crippen LogP contribution >= 0.6 is 38.6 Å². The number of benzene rings is 1. The van der Waals surface area contributed by atoms with Crippen molar-refractivity contribution in [3.05, 3.63) is 87.6 Å². The molecule has 148 valence electrons. The molecule has 0 N–H and O–H groups in total. The largest absolute Gasteiger partial charge is 0.466 e. The fraction of sp³-hybridized carbons (Fsp3) is 0.190. The van der Waals surface area contributed by atoms with E-state index in [0.29, 0.717) is 27.0 Å². The summed E-state index contributed by atoms with van der Waals surface area (Å²) in [4.78, 5) is 32.3. The molecule has 1 aromatic carbocycles. The number of hydrogen-bond acceptors (Lipinski definition) is 6. The fourth-order valence-corrected chi connectivity index (χ4v) is 5.84. The predicted octanol–water partition coefficient (Wildman–Crippen LogP) is 3.62. The Balaban J connectivity index is 2.03. The van der Waals surface area contributed by atoms with Crippen LogP contribution in [0, 0.1) is 0 Å². The molecule has 0 bridgehead atoms. The Morgan fingerprint density at radius 2 is 2.07 bits per heavy atom. The summed E-state index contributed by atoms with van der Waals surface area (Å²) in [5.41, 5.74) is 1.74. The highest BCUT2D eigenvalue weighted by atomic mass is 79.9. The maximum atomic E-state index is 13.4. The van der Waals surface area contributed by atoms with Gasteiger partial charge in [0.25, 0.3) is 5.56 Å². The SMILES string of the molecule is CCC1=C(C(=O)OC)[C@@H](c2ccccc2)n2c(s/c(=C\c3sccc3Br)c2=O)=N1. The van der Waals surface area contributed by atoms with Crippen molar-refractivity contribution in [3.8, 4) is 0 Å². The number of carbonyl (C=O) groups excluding carboxylic acids is 1. The number of hydrogen-bond donors (Lipinski definition) is 0. The summed E-state index contributed by atoms with van der Waals surface area (Å²) in [5.74, 6) is -0.463. The molecule has 0 radical (unpaired) electrons. The zero-order valence-corrected chi connectivity index (χ0v) is 18.9. The molecule has 0 amide bonds. The number of thiazole rings is 1. The van der Waals surface area contributed by atoms with E-state index in [2.05, 4.69) is 20.9 Å². The predicted molar refractivity (Wildman–Crippen MR) is 119 cm³/mol. The third kappa shape index (κ3) is 3.56. The lowest BCUT2D eigenvalue weighted by molar-refractivity contribution is -0.136. The number of allylic oxidation sites excluding steroid dienone is 1. The van der Waals surface area contributed by atoms with Gasteiger partial charge in [0.15, 0.2) is 4.80 Å². The van der Waals surface area contributed by atoms with Gasteiger partial charge in [0.1, 0.15) is 0 Å². The van der Waals surface area contributed by atoms with Gasteiger partial charge in [0.05, 0.1) is 29.0 Å². The van der Waals surface area contributed by atoms with Gasteiger partial charge >= 0.3 is 5.97 Å². The van der Waals surface area contributed by atoms with Crippen LogP contribution in [0.5, 0.6) is 0 Å². The summed E-state index contributed by atoms with van der Waals surface area (Å²) >= 11 is 6.40. The van der Waals surface area contributed by atoms with Gasteiger partial charge in [-0.05, 0) is 45.4 Å². The maximum Gasteiger partial charge on any atom is 0.338 e. The normalized spacial score (nSPS) is 16.5. The molecule has 3 heterocycles. The molecule has 0 saturated carbocycles. The molecule has 29 heavy (non-hydrogen) atoms. The van der Waals surface area contributed by atoms with Crippen LogP contribution in [0.4, 0.5) is 0 Å². The van der Waals surface area contributed by atoms with Crippen molar-refractivity contribution in [2.45, 2.75) is 19.4 Å². The number of ether oxygens (including phenoxy) is 1. The van der Waals surface area contributed by atoms with E-state index in [1.807, 2.05) is 54.8 Å². The lowest BCUT2D eigenvalue weighted by Crippen LogP contribution is -2.40. The fourth-order valence-electron chi connectivity index (χ4n) is 3.34. The summed E-state index contributed by atoms with van der Waals surface area (Å²) in [5, 5.41) is 1.96. The zero-order valence-electron chi connectivity index (χ0n) is 15.7. The number of thiophene rings is 1. The molecule has 4 rings (SSSR count). The number of nitrogens with zero attached hydrogens (tertiary/aromatic N) is 2. The Morgan fingerprint density at radius 3 is 2.69 bits per heavy atom. The third-order valence-electron chi connectivity index (χ3n) is 4.67. The minimum atomic E-state index is -0.566. The van der Waals surface area contributed by atoms with Gasteiger partial charge in [0, 0.05) is 9.35 Å². The molecule has 2 aromatic heterocycles. The van der Waals surface area contributed by atoms with Crippen LogP contribution in [0.25, 0.3) is 6.08 Å². The van der Waals surface area contributed by atoms with Crippen LogP contribution in [0.1, 0.15) is 29.8 Å². The summed E-state index contributed by atoms with van der Waals surface area (Å²) in [6.45, 7) is 1.95. The first-order chi connectivity index (χ1) is 14.0. The number of carbonyl (C=O) groups is 1. The van der Waals surface area contributed by atoms with Crippen molar-refractivity contribution >= 4 is 50.6 Å². The lowest BCUT2D eigenvalue weighted by Gasteiger charge is -2.25. The molecule has 8 heteroatoms. The average molecular weight is 489 g/mol. The number of esters is 1. The van der Waals surface area contributed by atoms with Crippen molar-refractivity contribution in [3.63, 3.8) is 0 Å². The summed E-state index contributed by atoms with van der Waals surface area (Å²) < 4.78 is 8.19. The first-order valence-corrected chi connectivity index (χ1v) is 11.4. The van der Waals surface area contributed by atoms with Crippen molar-refractivity contribution < 1.29 is 9.53 Å². The van der Waals surface area contributed by atoms with E-state index in [1.54, 1.807) is 15.9 Å². The second-order valence-corrected chi connectivity index (χ2v) is 9.14. The van der Waals surface area contributed by atoms with Crippen LogP contribution in [-0.2, 0) is 9.53 Å². The van der Waals surface area contributed by atoms with E-state index < -0.39 is 12.0 Å². The minimum Gasteiger partial charge on any atom is -0.466 e. The van der Waals surface area contributed by atoms with Gasteiger partial charge in [-0.2, -0.15) is 0 Å². The molecule has 0 fully saturated rings. The molecule has 0 unspecified atom stereocenters. The van der Waals surface area contributed by atoms with Crippen LogP contribution in [0.2, 0.25) is 0 Å². The van der Waals surface area contributed by atoms with Crippen LogP contribution in [0.3, 0.4) is 0 Å². The average Bonchev–Trinajstić information content (AvgIpc) is 3.29. The first kappa shape index (κ1) is 20.0. The van der Waals surface area contributed by atoms with E-state index >= 15 is 0 Å². The van der Waals surface area contributed by atoms with Crippen LogP contribution in [0.15, 0.2) is 67.3 Å². The van der Waals surface area contributed by atoms with Gasteiger partial charge in [-0.3, -0.25) is 9.36 Å². The molecule has 1 aliphatic rings. The van der Waals surface area contributed by atoms with E-state index in [0.717, 1.165) is 14.9 Å². The molecule has 1 aliphatic heterocycles. The van der Waals surface area contributed by atoms with Gasteiger partial charge in [-0.25, -0.2) is 9.79 Å². The molecule has 0 spiro atoms. The van der Waals surface area contributed by atoms with Crippen molar-refractivity contribution in [1.29, 1.82) is 0 Å². The Kier molecular flexibility index (Phi) is 5.67. The molecule has 3 aromatic rings. The van der Waals surface area contributed by atoms with Gasteiger partial charge in [0.2, 0.25) is 0 Å². The number of methoxy groups -OCH3 is 1. The van der Waals surface area contributed by atoms with E-state index in [9.17, 15) is 9.59 Å². The molecule has 0 saturated heterocycles. The van der Waals surface area contributed by atoms with Crippen molar-refractivity contribution in [1.82, 2.24) is 4.57 Å². The molecular formula is C21H17BrN2O3S2. The molecule has 1 atom stereocenters. The Labute approximate surface area is 183 Å². The van der Waals surface area contributed by atoms with Crippen molar-refractivity contribution in [2.75, 3.05) is 7.11 Å². The highest BCUT2D eigenvalue weighted by Gasteiger charge is 2.33. The highest BCUT2D eigenvalue weighted by molar-refractivity contribution is 9.10. The molecule has 5 nitrogen and oxygen atoms in total. The monoisotopic (exact) mass is 488 g/mol. The number of aromatic nitrogens is 1. The first-order valence-electron chi connectivity index (χ1n) is 8.96. The molecular weight excluding hydrogens is 472 g/mol. The van der Waals surface area contributed by atoms with Gasteiger partial charge in [-0.1, -0.05) is 48.6 Å². The second kappa shape index (κ2) is 8.22. The van der Waals surface area contributed by atoms with Gasteiger partial charge < -0.3 is 4.74 Å². The summed E-state index contributed by atoms with van der Waals surface area (Å²) in [6.07, 6.45) is 2.43. The Hall–Kier alpha value is -2.29. The minimum absolute atomic E-state index is 0.167. The Morgan fingerprint density at radius 1 is 1.31 bits per heavy atom.